The Morgan fingerprint density at radius 2 is 1.71 bits per heavy atom. The summed E-state index contributed by atoms with van der Waals surface area (Å²) in [5, 5.41) is 3.97. The van der Waals surface area contributed by atoms with Crippen molar-refractivity contribution >= 4 is 43.5 Å². The summed E-state index contributed by atoms with van der Waals surface area (Å²) in [5.74, 6) is 1.44. The van der Waals surface area contributed by atoms with Crippen molar-refractivity contribution in [1.82, 2.24) is 5.32 Å². The molecule has 0 aliphatic carbocycles. The van der Waals surface area contributed by atoms with E-state index in [4.69, 9.17) is 16.3 Å². The standard InChI is InChI=1S/C16H16Br2ClNO/c1-10(2)20-9-11-3-4-13(18)8-16(11)21-15-6-5-12(17)7-14(15)19/h3-8,10,20H,9H2,1-2H3. The Morgan fingerprint density at radius 3 is 2.38 bits per heavy atom. The molecule has 21 heavy (non-hydrogen) atoms. The van der Waals surface area contributed by atoms with Gasteiger partial charge in [0.15, 0.2) is 0 Å². The maximum atomic E-state index is 6.22. The normalized spacial score (nSPS) is 11.0. The molecule has 1 N–H and O–H groups in total. The molecule has 0 aliphatic heterocycles. The fourth-order valence-corrected chi connectivity index (χ4v) is 2.81. The summed E-state index contributed by atoms with van der Waals surface area (Å²) in [6.45, 7) is 4.98. The summed E-state index contributed by atoms with van der Waals surface area (Å²) in [5.41, 5.74) is 1.09. The molecular formula is C16H16Br2ClNO. The van der Waals surface area contributed by atoms with E-state index in [1.165, 1.54) is 0 Å². The molecule has 0 spiro atoms. The molecule has 5 heteroatoms. The van der Waals surface area contributed by atoms with Gasteiger partial charge in [-0.05, 0) is 30.3 Å². The summed E-state index contributed by atoms with van der Waals surface area (Å²) in [6.07, 6.45) is 0. The summed E-state index contributed by atoms with van der Waals surface area (Å²) in [6, 6.07) is 12.0. The first kappa shape index (κ1) is 16.8. The van der Waals surface area contributed by atoms with Crippen LogP contribution in [-0.2, 0) is 6.54 Å². The summed E-state index contributed by atoms with van der Waals surface area (Å²) < 4.78 is 7.88. The van der Waals surface area contributed by atoms with Crippen LogP contribution in [0, 0.1) is 0 Å². The number of hydrogen-bond donors (Lipinski definition) is 1. The quantitative estimate of drug-likeness (QED) is 0.610. The van der Waals surface area contributed by atoms with Crippen molar-refractivity contribution in [1.29, 1.82) is 0 Å². The molecule has 0 heterocycles. The van der Waals surface area contributed by atoms with Crippen LogP contribution in [0.4, 0.5) is 0 Å². The van der Waals surface area contributed by atoms with Gasteiger partial charge in [0.25, 0.3) is 0 Å². The van der Waals surface area contributed by atoms with Gasteiger partial charge < -0.3 is 10.1 Å². The maximum Gasteiger partial charge on any atom is 0.146 e. The van der Waals surface area contributed by atoms with Gasteiger partial charge in [0, 0.05) is 27.1 Å². The Balaban J connectivity index is 2.27. The van der Waals surface area contributed by atoms with E-state index in [1.54, 1.807) is 0 Å². The van der Waals surface area contributed by atoms with E-state index in [0.717, 1.165) is 26.8 Å². The van der Waals surface area contributed by atoms with E-state index >= 15 is 0 Å². The van der Waals surface area contributed by atoms with Crippen LogP contribution in [0.3, 0.4) is 0 Å². The fourth-order valence-electron chi connectivity index (χ4n) is 1.76. The smallest absolute Gasteiger partial charge is 0.146 e. The van der Waals surface area contributed by atoms with Gasteiger partial charge in [0.05, 0.1) is 5.02 Å². The lowest BCUT2D eigenvalue weighted by Crippen LogP contribution is -2.22. The van der Waals surface area contributed by atoms with Gasteiger partial charge in [-0.1, -0.05) is 63.4 Å². The lowest BCUT2D eigenvalue weighted by molar-refractivity contribution is 0.469. The molecule has 2 aromatic rings. The minimum atomic E-state index is 0.415. The van der Waals surface area contributed by atoms with Gasteiger partial charge in [0.2, 0.25) is 0 Å². The van der Waals surface area contributed by atoms with E-state index < -0.39 is 0 Å². The third kappa shape index (κ3) is 4.99. The zero-order valence-electron chi connectivity index (χ0n) is 11.8. The second-order valence-electron chi connectivity index (χ2n) is 4.96. The minimum Gasteiger partial charge on any atom is -0.455 e. The summed E-state index contributed by atoms with van der Waals surface area (Å²) >= 11 is 13.1. The van der Waals surface area contributed by atoms with Crippen molar-refractivity contribution in [2.24, 2.45) is 0 Å². The molecule has 0 saturated carbocycles. The van der Waals surface area contributed by atoms with Crippen molar-refractivity contribution in [2.45, 2.75) is 26.4 Å². The molecule has 0 atom stereocenters. The van der Waals surface area contributed by atoms with Crippen LogP contribution in [0.2, 0.25) is 5.02 Å². The predicted molar refractivity (Wildman–Crippen MR) is 95.3 cm³/mol. The molecule has 0 saturated heterocycles. The Hall–Kier alpha value is -0.550. The molecule has 0 aromatic heterocycles. The Kier molecular flexibility index (Phi) is 6.11. The number of nitrogens with one attached hydrogen (secondary N) is 1. The summed E-state index contributed by atoms with van der Waals surface area (Å²) in [7, 11) is 0. The Morgan fingerprint density at radius 1 is 1.05 bits per heavy atom. The zero-order valence-corrected chi connectivity index (χ0v) is 15.7. The molecule has 2 rings (SSSR count). The number of rotatable bonds is 5. The van der Waals surface area contributed by atoms with E-state index in [1.807, 2.05) is 36.4 Å². The van der Waals surface area contributed by atoms with Crippen LogP contribution in [0.15, 0.2) is 45.3 Å². The lowest BCUT2D eigenvalue weighted by Gasteiger charge is -2.15. The molecule has 112 valence electrons. The zero-order chi connectivity index (χ0) is 15.4. The SMILES string of the molecule is CC(C)NCc1ccc(Br)cc1Oc1ccc(Br)cc1Cl. The molecule has 2 nitrogen and oxygen atoms in total. The molecule has 0 amide bonds. The maximum absolute atomic E-state index is 6.22. The van der Waals surface area contributed by atoms with E-state index in [0.29, 0.717) is 16.8 Å². The molecule has 0 unspecified atom stereocenters. The van der Waals surface area contributed by atoms with Gasteiger partial charge in [-0.2, -0.15) is 0 Å². The average Bonchev–Trinajstić information content (AvgIpc) is 2.41. The third-order valence-electron chi connectivity index (χ3n) is 2.84. The van der Waals surface area contributed by atoms with Crippen LogP contribution < -0.4 is 10.1 Å². The van der Waals surface area contributed by atoms with E-state index in [-0.39, 0.29) is 0 Å². The number of hydrogen-bond acceptors (Lipinski definition) is 2. The monoisotopic (exact) mass is 431 g/mol. The van der Waals surface area contributed by atoms with Gasteiger partial charge in [-0.25, -0.2) is 0 Å². The average molecular weight is 434 g/mol. The topological polar surface area (TPSA) is 21.3 Å². The number of ether oxygens (including phenoxy) is 1. The van der Waals surface area contributed by atoms with Crippen molar-refractivity contribution in [3.05, 3.63) is 55.9 Å². The van der Waals surface area contributed by atoms with Gasteiger partial charge in [-0.15, -0.1) is 0 Å². The first-order valence-electron chi connectivity index (χ1n) is 6.60. The molecular weight excluding hydrogens is 417 g/mol. The van der Waals surface area contributed by atoms with Gasteiger partial charge >= 0.3 is 0 Å². The third-order valence-corrected chi connectivity index (χ3v) is 4.13. The first-order chi connectivity index (χ1) is 9.95. The van der Waals surface area contributed by atoms with Crippen molar-refractivity contribution < 1.29 is 4.74 Å². The second-order valence-corrected chi connectivity index (χ2v) is 7.20. The highest BCUT2D eigenvalue weighted by Crippen LogP contribution is 2.34. The molecule has 0 fully saturated rings. The highest BCUT2D eigenvalue weighted by molar-refractivity contribution is 9.10. The highest BCUT2D eigenvalue weighted by atomic mass is 79.9. The summed E-state index contributed by atoms with van der Waals surface area (Å²) in [4.78, 5) is 0. The Labute approximate surface area is 147 Å². The fraction of sp³-hybridized carbons (Fsp3) is 0.250. The predicted octanol–water partition coefficient (Wildman–Crippen LogP) is 6.16. The number of halogens is 3. The van der Waals surface area contributed by atoms with Crippen molar-refractivity contribution in [3.63, 3.8) is 0 Å². The molecule has 2 aromatic carbocycles. The van der Waals surface area contributed by atoms with Crippen molar-refractivity contribution in [3.8, 4) is 11.5 Å². The van der Waals surface area contributed by atoms with Gasteiger partial charge in [0.1, 0.15) is 11.5 Å². The molecule has 0 aliphatic rings. The van der Waals surface area contributed by atoms with Crippen molar-refractivity contribution in [2.75, 3.05) is 0 Å². The first-order valence-corrected chi connectivity index (χ1v) is 8.57. The Bertz CT molecular complexity index is 632. The molecule has 0 bridgehead atoms. The van der Waals surface area contributed by atoms with Crippen LogP contribution in [0.5, 0.6) is 11.5 Å². The van der Waals surface area contributed by atoms with Crippen LogP contribution in [-0.4, -0.2) is 6.04 Å². The minimum absolute atomic E-state index is 0.415. The largest absolute Gasteiger partial charge is 0.455 e. The van der Waals surface area contributed by atoms with E-state index in [9.17, 15) is 0 Å². The highest BCUT2D eigenvalue weighted by Gasteiger charge is 2.09. The van der Waals surface area contributed by atoms with Gasteiger partial charge in [-0.3, -0.25) is 0 Å². The second kappa shape index (κ2) is 7.63. The van der Waals surface area contributed by atoms with Crippen LogP contribution in [0.1, 0.15) is 19.4 Å². The van der Waals surface area contributed by atoms with Crippen LogP contribution in [0.25, 0.3) is 0 Å². The van der Waals surface area contributed by atoms with Crippen LogP contribution >= 0.6 is 43.5 Å². The van der Waals surface area contributed by atoms with E-state index in [2.05, 4.69) is 51.0 Å². The molecule has 0 radical (unpaired) electrons. The lowest BCUT2D eigenvalue weighted by atomic mass is 10.2. The number of benzene rings is 2.